The molecule has 0 saturated carbocycles. The summed E-state index contributed by atoms with van der Waals surface area (Å²) in [6, 6.07) is 18.8. The number of anilines is 2. The molecule has 1 unspecified atom stereocenters. The number of nitrogens with zero attached hydrogens (tertiary/aromatic N) is 3. The summed E-state index contributed by atoms with van der Waals surface area (Å²) in [7, 11) is 1.77. The molecule has 0 aliphatic carbocycles. The van der Waals surface area contributed by atoms with Crippen LogP contribution in [0.5, 0.6) is 5.75 Å². The van der Waals surface area contributed by atoms with Crippen LogP contribution in [0.25, 0.3) is 0 Å². The highest BCUT2D eigenvalue weighted by molar-refractivity contribution is 6.12. The zero-order valence-corrected chi connectivity index (χ0v) is 19.9. The molecule has 4 aromatic rings. The molecule has 8 nitrogen and oxygen atoms in total. The van der Waals surface area contributed by atoms with Crippen molar-refractivity contribution in [2.75, 3.05) is 10.6 Å². The molecule has 3 aromatic carbocycles. The molecule has 36 heavy (non-hydrogen) atoms. The van der Waals surface area contributed by atoms with Gasteiger partial charge in [0.1, 0.15) is 11.7 Å². The van der Waals surface area contributed by atoms with Crippen molar-refractivity contribution in [3.63, 3.8) is 0 Å². The van der Waals surface area contributed by atoms with Crippen LogP contribution in [0.15, 0.2) is 78.0 Å². The van der Waals surface area contributed by atoms with E-state index in [-0.39, 0.29) is 17.6 Å². The quantitative estimate of drug-likeness (QED) is 0.348. The molecular weight excluding hydrogens is 454 g/mol. The number of rotatable bonds is 6. The number of aliphatic imine (C=N–C) groups is 1. The van der Waals surface area contributed by atoms with Crippen LogP contribution in [0.1, 0.15) is 38.5 Å². The summed E-state index contributed by atoms with van der Waals surface area (Å²) in [5, 5.41) is 19.7. The van der Waals surface area contributed by atoms with Crippen molar-refractivity contribution >= 4 is 35.1 Å². The fraction of sp³-hybridized carbons (Fsp3) is 0.143. The first-order valence-electron chi connectivity index (χ1n) is 11.5. The van der Waals surface area contributed by atoms with Crippen molar-refractivity contribution in [2.24, 2.45) is 12.0 Å². The Morgan fingerprint density at radius 3 is 2.64 bits per heavy atom. The third kappa shape index (κ3) is 4.88. The minimum Gasteiger partial charge on any atom is -0.508 e. The number of amides is 2. The van der Waals surface area contributed by atoms with Gasteiger partial charge >= 0.3 is 0 Å². The van der Waals surface area contributed by atoms with Gasteiger partial charge in [-0.05, 0) is 59.9 Å². The number of carbonyl (C=O) groups excluding carboxylic acids is 2. The molecule has 2 heterocycles. The third-order valence-electron chi connectivity index (χ3n) is 6.14. The van der Waals surface area contributed by atoms with Crippen LogP contribution in [0.3, 0.4) is 0 Å². The van der Waals surface area contributed by atoms with Gasteiger partial charge in [-0.15, -0.1) is 0 Å². The number of aromatic nitrogens is 2. The van der Waals surface area contributed by atoms with Crippen molar-refractivity contribution < 1.29 is 14.7 Å². The maximum atomic E-state index is 12.6. The summed E-state index contributed by atoms with van der Waals surface area (Å²) in [5.74, 6) is -0.671. The van der Waals surface area contributed by atoms with E-state index in [1.165, 1.54) is 6.20 Å². The second kappa shape index (κ2) is 9.50. The van der Waals surface area contributed by atoms with Gasteiger partial charge in [0.15, 0.2) is 0 Å². The Bertz CT molecular complexity index is 1490. The molecule has 0 saturated heterocycles. The zero-order valence-electron chi connectivity index (χ0n) is 19.9. The number of fused-ring (bicyclic) bond motifs is 1. The first-order valence-corrected chi connectivity index (χ1v) is 11.5. The molecular formula is C28H25N5O3. The third-order valence-corrected chi connectivity index (χ3v) is 6.14. The SMILES string of the molecule is Cc1ccc(N=CC2C(=O)Nc3ccc(Cc4ccc(NC(=O)c5cnn(C)c5)cc4)cc32)cc1O. The molecule has 0 fully saturated rings. The van der Waals surface area contributed by atoms with Crippen LogP contribution in [-0.4, -0.2) is 32.9 Å². The van der Waals surface area contributed by atoms with Gasteiger partial charge in [0.25, 0.3) is 5.91 Å². The maximum absolute atomic E-state index is 12.6. The summed E-state index contributed by atoms with van der Waals surface area (Å²) < 4.78 is 1.58. The molecule has 5 rings (SSSR count). The molecule has 1 aliphatic heterocycles. The number of nitrogens with one attached hydrogen (secondary N) is 2. The number of aryl methyl sites for hydroxylation is 2. The summed E-state index contributed by atoms with van der Waals surface area (Å²) in [6.07, 6.45) is 5.49. The van der Waals surface area contributed by atoms with E-state index in [1.54, 1.807) is 42.3 Å². The highest BCUT2D eigenvalue weighted by Crippen LogP contribution is 2.33. The van der Waals surface area contributed by atoms with Gasteiger partial charge in [-0.3, -0.25) is 19.3 Å². The van der Waals surface area contributed by atoms with E-state index in [0.717, 1.165) is 27.9 Å². The average molecular weight is 480 g/mol. The van der Waals surface area contributed by atoms with Crippen molar-refractivity contribution in [1.82, 2.24) is 9.78 Å². The Labute approximate surface area is 208 Å². The van der Waals surface area contributed by atoms with Crippen LogP contribution < -0.4 is 10.6 Å². The summed E-state index contributed by atoms with van der Waals surface area (Å²) in [6.45, 7) is 1.82. The fourth-order valence-corrected chi connectivity index (χ4v) is 4.12. The van der Waals surface area contributed by atoms with Gasteiger partial charge in [0, 0.05) is 36.9 Å². The Morgan fingerprint density at radius 2 is 1.92 bits per heavy atom. The normalized spacial score (nSPS) is 14.6. The lowest BCUT2D eigenvalue weighted by Crippen LogP contribution is -2.12. The van der Waals surface area contributed by atoms with E-state index in [0.29, 0.717) is 23.4 Å². The Hall–Kier alpha value is -4.72. The molecule has 0 bridgehead atoms. The molecule has 1 aliphatic rings. The molecule has 3 N–H and O–H groups in total. The molecule has 0 radical (unpaired) electrons. The molecule has 8 heteroatoms. The van der Waals surface area contributed by atoms with E-state index in [1.807, 2.05) is 49.4 Å². The first-order chi connectivity index (χ1) is 17.4. The smallest absolute Gasteiger partial charge is 0.258 e. The number of phenols is 1. The lowest BCUT2D eigenvalue weighted by atomic mass is 9.96. The van der Waals surface area contributed by atoms with Gasteiger partial charge in [-0.1, -0.05) is 30.3 Å². The van der Waals surface area contributed by atoms with E-state index in [9.17, 15) is 14.7 Å². The van der Waals surface area contributed by atoms with E-state index in [2.05, 4.69) is 20.7 Å². The van der Waals surface area contributed by atoms with E-state index in [4.69, 9.17) is 0 Å². The van der Waals surface area contributed by atoms with Crippen molar-refractivity contribution in [1.29, 1.82) is 0 Å². The topological polar surface area (TPSA) is 109 Å². The molecule has 0 spiro atoms. The van der Waals surface area contributed by atoms with Crippen molar-refractivity contribution in [3.05, 3.63) is 101 Å². The zero-order chi connectivity index (χ0) is 25.2. The number of aromatic hydroxyl groups is 1. The molecule has 1 atom stereocenters. The molecule has 2 amide bonds. The molecule has 1 aromatic heterocycles. The minimum atomic E-state index is -0.506. The average Bonchev–Trinajstić information content (AvgIpc) is 3.43. The van der Waals surface area contributed by atoms with Gasteiger partial charge in [0.2, 0.25) is 5.91 Å². The number of phenolic OH excluding ortho intramolecular Hbond substituents is 1. The van der Waals surface area contributed by atoms with Gasteiger partial charge in [-0.2, -0.15) is 5.10 Å². The predicted molar refractivity (Wildman–Crippen MR) is 139 cm³/mol. The summed E-state index contributed by atoms with van der Waals surface area (Å²) in [5.41, 5.74) is 6.35. The minimum absolute atomic E-state index is 0.129. The Kier molecular flexibility index (Phi) is 6.08. The highest BCUT2D eigenvalue weighted by atomic mass is 16.3. The second-order valence-corrected chi connectivity index (χ2v) is 8.87. The summed E-state index contributed by atoms with van der Waals surface area (Å²) in [4.78, 5) is 29.3. The van der Waals surface area contributed by atoms with Gasteiger partial charge in [-0.25, -0.2) is 0 Å². The van der Waals surface area contributed by atoms with Crippen LogP contribution in [0, 0.1) is 6.92 Å². The number of hydrogen-bond donors (Lipinski definition) is 3. The van der Waals surface area contributed by atoms with Gasteiger partial charge in [0.05, 0.1) is 17.4 Å². The number of benzene rings is 3. The molecule has 180 valence electrons. The van der Waals surface area contributed by atoms with Crippen LogP contribution in [-0.2, 0) is 18.3 Å². The van der Waals surface area contributed by atoms with Gasteiger partial charge < -0.3 is 15.7 Å². The van der Waals surface area contributed by atoms with Crippen LogP contribution in [0.4, 0.5) is 17.1 Å². The largest absolute Gasteiger partial charge is 0.508 e. The van der Waals surface area contributed by atoms with Crippen LogP contribution in [0.2, 0.25) is 0 Å². The van der Waals surface area contributed by atoms with Crippen molar-refractivity contribution in [2.45, 2.75) is 19.3 Å². The highest BCUT2D eigenvalue weighted by Gasteiger charge is 2.29. The van der Waals surface area contributed by atoms with Crippen LogP contribution >= 0.6 is 0 Å². The monoisotopic (exact) mass is 479 g/mol. The lowest BCUT2D eigenvalue weighted by Gasteiger charge is -2.08. The summed E-state index contributed by atoms with van der Waals surface area (Å²) >= 11 is 0. The maximum Gasteiger partial charge on any atom is 0.258 e. The van der Waals surface area contributed by atoms with E-state index < -0.39 is 5.92 Å². The van der Waals surface area contributed by atoms with Crippen molar-refractivity contribution in [3.8, 4) is 5.75 Å². The number of hydrogen-bond acceptors (Lipinski definition) is 5. The lowest BCUT2D eigenvalue weighted by molar-refractivity contribution is -0.115. The Morgan fingerprint density at radius 1 is 1.14 bits per heavy atom. The number of carbonyl (C=O) groups is 2. The predicted octanol–water partition coefficient (Wildman–Crippen LogP) is 4.72. The Balaban J connectivity index is 1.29. The standard InChI is InChI=1S/C28H25N5O3/c1-17-3-7-22(13-26(17)34)29-15-24-23-12-19(6-10-25(23)32-28(24)36)11-18-4-8-21(9-5-18)31-27(35)20-14-30-33(2)16-20/h3-10,12-16,24,34H,11H2,1-2H3,(H,31,35)(H,32,36). The van der Waals surface area contributed by atoms with E-state index >= 15 is 0 Å². The fourth-order valence-electron chi connectivity index (χ4n) is 4.12. The second-order valence-electron chi connectivity index (χ2n) is 8.87. The first kappa shape index (κ1) is 23.0.